The molecule has 0 unspecified atom stereocenters. The predicted molar refractivity (Wildman–Crippen MR) is 97.2 cm³/mol. The number of aromatic nitrogens is 2. The van der Waals surface area contributed by atoms with Crippen LogP contribution >= 0.6 is 0 Å². The van der Waals surface area contributed by atoms with E-state index in [1.165, 1.54) is 4.90 Å². The van der Waals surface area contributed by atoms with E-state index in [2.05, 4.69) is 15.3 Å². The molecular formula is C20H18N4O2. The number of nitrogens with one attached hydrogen (secondary N) is 1. The molecule has 1 fully saturated rings. The second-order valence-corrected chi connectivity index (χ2v) is 6.55. The number of imide groups is 1. The Kier molecular flexibility index (Phi) is 3.68. The van der Waals surface area contributed by atoms with Gasteiger partial charge in [-0.05, 0) is 25.5 Å². The van der Waals surface area contributed by atoms with Crippen molar-refractivity contribution in [3.8, 4) is 0 Å². The normalized spacial score (nSPS) is 19.8. The summed E-state index contributed by atoms with van der Waals surface area (Å²) in [6.07, 6.45) is 0. The van der Waals surface area contributed by atoms with Gasteiger partial charge in [0.15, 0.2) is 0 Å². The summed E-state index contributed by atoms with van der Waals surface area (Å²) < 4.78 is 0. The maximum atomic E-state index is 13.0. The number of hydrogen-bond donors (Lipinski definition) is 1. The molecule has 3 amide bonds. The van der Waals surface area contributed by atoms with Crippen molar-refractivity contribution in [1.29, 1.82) is 0 Å². The first-order valence-electron chi connectivity index (χ1n) is 8.41. The summed E-state index contributed by atoms with van der Waals surface area (Å²) in [5, 5.41) is 3.76. The zero-order chi connectivity index (χ0) is 18.3. The van der Waals surface area contributed by atoms with Crippen molar-refractivity contribution in [3.05, 3.63) is 71.7 Å². The van der Waals surface area contributed by atoms with Crippen molar-refractivity contribution in [3.63, 3.8) is 0 Å². The molecular weight excluding hydrogens is 328 g/mol. The van der Waals surface area contributed by atoms with Crippen LogP contribution in [0.2, 0.25) is 0 Å². The van der Waals surface area contributed by atoms with Crippen molar-refractivity contribution in [2.24, 2.45) is 0 Å². The van der Waals surface area contributed by atoms with Crippen LogP contribution in [-0.4, -0.2) is 26.8 Å². The molecule has 1 aliphatic rings. The van der Waals surface area contributed by atoms with Gasteiger partial charge in [-0.25, -0.2) is 14.8 Å². The first-order chi connectivity index (χ1) is 12.5. The van der Waals surface area contributed by atoms with E-state index in [-0.39, 0.29) is 12.5 Å². The van der Waals surface area contributed by atoms with E-state index >= 15 is 0 Å². The zero-order valence-corrected chi connectivity index (χ0v) is 14.6. The molecule has 130 valence electrons. The van der Waals surface area contributed by atoms with Crippen LogP contribution in [0, 0.1) is 6.92 Å². The van der Waals surface area contributed by atoms with Crippen LogP contribution in [0.5, 0.6) is 0 Å². The Hall–Kier alpha value is -3.28. The number of fused-ring (bicyclic) bond motifs is 1. The third-order valence-corrected chi connectivity index (χ3v) is 4.77. The number of benzene rings is 2. The molecule has 4 rings (SSSR count). The molecule has 1 aliphatic heterocycles. The molecule has 1 saturated heterocycles. The number of urea groups is 1. The average molecular weight is 346 g/mol. The Morgan fingerprint density at radius 1 is 1.00 bits per heavy atom. The summed E-state index contributed by atoms with van der Waals surface area (Å²) in [5.74, 6) is 0.144. The van der Waals surface area contributed by atoms with Crippen LogP contribution < -0.4 is 5.32 Å². The second kappa shape index (κ2) is 5.91. The summed E-state index contributed by atoms with van der Waals surface area (Å²) in [5.41, 5.74) is 1.29. The molecule has 1 N–H and O–H groups in total. The fraction of sp³-hybridized carbons (Fsp3) is 0.200. The van der Waals surface area contributed by atoms with E-state index in [1.54, 1.807) is 6.92 Å². The Morgan fingerprint density at radius 3 is 2.46 bits per heavy atom. The van der Waals surface area contributed by atoms with Gasteiger partial charge < -0.3 is 5.32 Å². The highest BCUT2D eigenvalue weighted by molar-refractivity contribution is 6.07. The molecule has 0 saturated carbocycles. The smallest absolute Gasteiger partial charge is 0.319 e. The Morgan fingerprint density at radius 2 is 1.69 bits per heavy atom. The fourth-order valence-corrected chi connectivity index (χ4v) is 3.31. The Bertz CT molecular complexity index is 1020. The van der Waals surface area contributed by atoms with Gasteiger partial charge in [0, 0.05) is 11.1 Å². The fourth-order valence-electron chi connectivity index (χ4n) is 3.31. The Labute approximate surface area is 150 Å². The van der Waals surface area contributed by atoms with E-state index in [0.29, 0.717) is 5.82 Å². The monoisotopic (exact) mass is 346 g/mol. The SMILES string of the molecule is Cc1nc(CN2C(=O)N[C@@](C)(c3ccccc3)C2=O)nc2ccccc12. The van der Waals surface area contributed by atoms with Crippen LogP contribution in [0.25, 0.3) is 10.9 Å². The largest absolute Gasteiger partial charge is 0.325 e. The first kappa shape index (κ1) is 16.2. The van der Waals surface area contributed by atoms with Gasteiger partial charge in [-0.3, -0.25) is 9.69 Å². The lowest BCUT2D eigenvalue weighted by atomic mass is 9.92. The van der Waals surface area contributed by atoms with Crippen molar-refractivity contribution < 1.29 is 9.59 Å². The first-order valence-corrected chi connectivity index (χ1v) is 8.41. The summed E-state index contributed by atoms with van der Waals surface area (Å²) in [6, 6.07) is 16.5. The van der Waals surface area contributed by atoms with Crippen molar-refractivity contribution in [1.82, 2.24) is 20.2 Å². The van der Waals surface area contributed by atoms with E-state index in [1.807, 2.05) is 61.5 Å². The molecule has 2 aromatic carbocycles. The molecule has 0 radical (unpaired) electrons. The maximum Gasteiger partial charge on any atom is 0.325 e. The highest BCUT2D eigenvalue weighted by Gasteiger charge is 2.49. The van der Waals surface area contributed by atoms with Gasteiger partial charge in [0.25, 0.3) is 5.91 Å². The minimum atomic E-state index is -1.08. The minimum absolute atomic E-state index is 0.0404. The van der Waals surface area contributed by atoms with E-state index in [0.717, 1.165) is 22.2 Å². The predicted octanol–water partition coefficient (Wildman–Crippen LogP) is 2.91. The number of carbonyl (C=O) groups excluding carboxylic acids is 2. The van der Waals surface area contributed by atoms with Gasteiger partial charge in [0.2, 0.25) is 0 Å². The third-order valence-electron chi connectivity index (χ3n) is 4.77. The number of hydrogen-bond acceptors (Lipinski definition) is 4. The van der Waals surface area contributed by atoms with Gasteiger partial charge in [-0.15, -0.1) is 0 Å². The topological polar surface area (TPSA) is 75.2 Å². The number of amides is 3. The van der Waals surface area contributed by atoms with Crippen LogP contribution in [0.3, 0.4) is 0 Å². The standard InChI is InChI=1S/C20H18N4O2/c1-13-15-10-6-7-11-16(15)22-17(21-13)12-24-18(25)20(2,23-19(24)26)14-8-4-3-5-9-14/h3-11H,12H2,1-2H3,(H,23,26)/t20-/m0/s1. The Balaban J connectivity index is 1.67. The zero-order valence-electron chi connectivity index (χ0n) is 14.6. The molecule has 0 aliphatic carbocycles. The van der Waals surface area contributed by atoms with Gasteiger partial charge in [-0.2, -0.15) is 0 Å². The van der Waals surface area contributed by atoms with Crippen LogP contribution in [0.1, 0.15) is 24.0 Å². The van der Waals surface area contributed by atoms with Crippen molar-refractivity contribution in [2.45, 2.75) is 25.9 Å². The van der Waals surface area contributed by atoms with Crippen molar-refractivity contribution >= 4 is 22.8 Å². The summed E-state index contributed by atoms with van der Waals surface area (Å²) in [6.45, 7) is 3.65. The summed E-state index contributed by atoms with van der Waals surface area (Å²) in [4.78, 5) is 35.6. The van der Waals surface area contributed by atoms with E-state index < -0.39 is 11.6 Å². The quantitative estimate of drug-likeness (QED) is 0.740. The summed E-state index contributed by atoms with van der Waals surface area (Å²) in [7, 11) is 0. The number of aryl methyl sites for hydroxylation is 1. The summed E-state index contributed by atoms with van der Waals surface area (Å²) >= 11 is 0. The van der Waals surface area contributed by atoms with Crippen LogP contribution in [0.4, 0.5) is 4.79 Å². The number of nitrogens with zero attached hydrogens (tertiary/aromatic N) is 3. The van der Waals surface area contributed by atoms with Gasteiger partial charge in [0.1, 0.15) is 11.4 Å². The van der Waals surface area contributed by atoms with Crippen molar-refractivity contribution in [2.75, 3.05) is 0 Å². The second-order valence-electron chi connectivity index (χ2n) is 6.55. The molecule has 3 aromatic rings. The van der Waals surface area contributed by atoms with E-state index in [4.69, 9.17) is 0 Å². The molecule has 1 aromatic heterocycles. The minimum Gasteiger partial charge on any atom is -0.319 e. The number of carbonyl (C=O) groups is 2. The van der Waals surface area contributed by atoms with E-state index in [9.17, 15) is 9.59 Å². The highest BCUT2D eigenvalue weighted by Crippen LogP contribution is 2.29. The molecule has 6 heteroatoms. The van der Waals surface area contributed by atoms with Crippen LogP contribution in [-0.2, 0) is 16.9 Å². The molecule has 0 spiro atoms. The molecule has 0 bridgehead atoms. The number of para-hydroxylation sites is 1. The maximum absolute atomic E-state index is 13.0. The van der Waals surface area contributed by atoms with Gasteiger partial charge in [-0.1, -0.05) is 48.5 Å². The molecule has 6 nitrogen and oxygen atoms in total. The highest BCUT2D eigenvalue weighted by atomic mass is 16.2. The van der Waals surface area contributed by atoms with Gasteiger partial charge >= 0.3 is 6.03 Å². The third kappa shape index (κ3) is 2.50. The average Bonchev–Trinajstić information content (AvgIpc) is 2.87. The molecule has 2 heterocycles. The van der Waals surface area contributed by atoms with Gasteiger partial charge in [0.05, 0.1) is 12.1 Å². The lowest BCUT2D eigenvalue weighted by Gasteiger charge is -2.22. The number of rotatable bonds is 3. The van der Waals surface area contributed by atoms with Crippen LogP contribution in [0.15, 0.2) is 54.6 Å². The lowest BCUT2D eigenvalue weighted by Crippen LogP contribution is -2.40. The lowest BCUT2D eigenvalue weighted by molar-refractivity contribution is -0.131. The molecule has 1 atom stereocenters. The molecule has 26 heavy (non-hydrogen) atoms.